The fourth-order valence-corrected chi connectivity index (χ4v) is 3.13. The monoisotopic (exact) mass is 459 g/mol. The zero-order chi connectivity index (χ0) is 12.5. The first-order valence-corrected chi connectivity index (χ1v) is 7.88. The first-order valence-electron chi connectivity index (χ1n) is 5.72. The molecule has 0 aliphatic carbocycles. The first-order chi connectivity index (χ1) is 8.72. The van der Waals surface area contributed by atoms with Crippen LogP contribution in [0.5, 0.6) is 0 Å². The fourth-order valence-electron chi connectivity index (χ4n) is 2.09. The van der Waals surface area contributed by atoms with Gasteiger partial charge in [0.15, 0.2) is 0 Å². The smallest absolute Gasteiger partial charge is 0.0427 e. The molecule has 3 rings (SSSR count). The van der Waals surface area contributed by atoms with Gasteiger partial charge in [0.2, 0.25) is 0 Å². The van der Waals surface area contributed by atoms with Gasteiger partial charge in [0.1, 0.15) is 0 Å². The molecule has 1 nitrogen and oxygen atoms in total. The average Bonchev–Trinajstić information content (AvgIpc) is 2.34. The molecule has 0 amide bonds. The molecule has 90 valence electrons. The molecule has 0 spiro atoms. The van der Waals surface area contributed by atoms with Crippen LogP contribution in [0.4, 0.5) is 5.69 Å². The molecule has 1 aliphatic rings. The highest BCUT2D eigenvalue weighted by atomic mass is 127. The van der Waals surface area contributed by atoms with Gasteiger partial charge in [-0.15, -0.1) is 0 Å². The van der Waals surface area contributed by atoms with Gasteiger partial charge in [-0.3, -0.25) is 0 Å². The summed E-state index contributed by atoms with van der Waals surface area (Å²) in [5, 5.41) is 3.53. The van der Waals surface area contributed by atoms with Crippen molar-refractivity contribution in [1.82, 2.24) is 0 Å². The maximum Gasteiger partial charge on any atom is 0.0427 e. The van der Waals surface area contributed by atoms with Crippen LogP contribution >= 0.6 is 45.2 Å². The number of fused-ring (bicyclic) bond motifs is 2. The van der Waals surface area contributed by atoms with E-state index in [1.54, 1.807) is 0 Å². The van der Waals surface area contributed by atoms with E-state index in [0.29, 0.717) is 0 Å². The number of hydrogen-bond donors (Lipinski definition) is 1. The molecule has 18 heavy (non-hydrogen) atoms. The molecule has 2 aromatic rings. The highest BCUT2D eigenvalue weighted by Gasteiger charge is 2.07. The van der Waals surface area contributed by atoms with Gasteiger partial charge < -0.3 is 5.32 Å². The van der Waals surface area contributed by atoms with Gasteiger partial charge in [0, 0.05) is 19.4 Å². The minimum atomic E-state index is 0.879. The van der Waals surface area contributed by atoms with E-state index in [4.69, 9.17) is 0 Å². The van der Waals surface area contributed by atoms with Crippen LogP contribution in [0.1, 0.15) is 16.7 Å². The van der Waals surface area contributed by atoms with E-state index in [9.17, 15) is 0 Å². The van der Waals surface area contributed by atoms with Crippen molar-refractivity contribution >= 4 is 63.0 Å². The lowest BCUT2D eigenvalue weighted by molar-refractivity contribution is 1.13. The van der Waals surface area contributed by atoms with Gasteiger partial charge in [0.05, 0.1) is 0 Å². The molecule has 0 unspecified atom stereocenters. The predicted molar refractivity (Wildman–Crippen MR) is 94.6 cm³/mol. The first kappa shape index (κ1) is 12.5. The highest BCUT2D eigenvalue weighted by Crippen LogP contribution is 2.26. The Morgan fingerprint density at radius 2 is 1.50 bits per heavy atom. The van der Waals surface area contributed by atoms with Gasteiger partial charge in [-0.05, 0) is 86.1 Å². The Morgan fingerprint density at radius 3 is 2.33 bits per heavy atom. The molecule has 0 saturated heterocycles. The van der Waals surface area contributed by atoms with Gasteiger partial charge in [-0.2, -0.15) is 0 Å². The Hall–Kier alpha value is -0.560. The van der Waals surface area contributed by atoms with Crippen LogP contribution in [-0.2, 0) is 6.54 Å². The minimum absolute atomic E-state index is 0.879. The summed E-state index contributed by atoms with van der Waals surface area (Å²) in [5.41, 5.74) is 5.11. The number of rotatable bonds is 0. The van der Waals surface area contributed by atoms with E-state index in [-0.39, 0.29) is 0 Å². The van der Waals surface area contributed by atoms with Crippen LogP contribution in [0.2, 0.25) is 0 Å². The molecule has 0 bridgehead atoms. The SMILES string of the molecule is Ic1ccc2c(c1)CNc1cc(I)ccc1/C=C\2. The maximum atomic E-state index is 3.53. The van der Waals surface area contributed by atoms with Crippen LogP contribution in [-0.4, -0.2) is 0 Å². The highest BCUT2D eigenvalue weighted by molar-refractivity contribution is 14.1. The van der Waals surface area contributed by atoms with E-state index in [1.807, 2.05) is 0 Å². The lowest BCUT2D eigenvalue weighted by Gasteiger charge is -2.15. The van der Waals surface area contributed by atoms with E-state index < -0.39 is 0 Å². The molecule has 2 aromatic carbocycles. The molecular weight excluding hydrogens is 448 g/mol. The molecule has 3 heteroatoms. The number of nitrogens with one attached hydrogen (secondary N) is 1. The third-order valence-corrected chi connectivity index (χ3v) is 4.37. The van der Waals surface area contributed by atoms with Crippen molar-refractivity contribution in [3.8, 4) is 0 Å². The van der Waals surface area contributed by atoms with Gasteiger partial charge in [-0.25, -0.2) is 0 Å². The predicted octanol–water partition coefficient (Wildman–Crippen LogP) is 4.99. The van der Waals surface area contributed by atoms with Crippen molar-refractivity contribution < 1.29 is 0 Å². The maximum absolute atomic E-state index is 3.53. The van der Waals surface area contributed by atoms with Gasteiger partial charge in [0.25, 0.3) is 0 Å². The molecule has 1 N–H and O–H groups in total. The van der Waals surface area contributed by atoms with Crippen LogP contribution in [0.3, 0.4) is 0 Å². The van der Waals surface area contributed by atoms with Crippen LogP contribution < -0.4 is 5.32 Å². The molecule has 0 aromatic heterocycles. The summed E-state index contributed by atoms with van der Waals surface area (Å²) in [6.45, 7) is 0.879. The molecule has 0 radical (unpaired) electrons. The Kier molecular flexibility index (Phi) is 3.61. The largest absolute Gasteiger partial charge is 0.380 e. The number of anilines is 1. The Bertz CT molecular complexity index is 577. The number of hydrogen-bond acceptors (Lipinski definition) is 1. The van der Waals surface area contributed by atoms with Crippen LogP contribution in [0.15, 0.2) is 36.4 Å². The van der Waals surface area contributed by atoms with E-state index in [2.05, 4.69) is 99.0 Å². The Labute approximate surface area is 134 Å². The summed E-state index contributed by atoms with van der Waals surface area (Å²) in [7, 11) is 0. The standard InChI is InChI=1S/C15H11I2N/c16-13-5-3-10-1-2-11-4-6-14(17)8-15(11)18-9-12(10)7-13/h1-8,18H,9H2/b2-1-. The minimum Gasteiger partial charge on any atom is -0.380 e. The molecule has 0 atom stereocenters. The van der Waals surface area contributed by atoms with Crippen LogP contribution in [0, 0.1) is 7.14 Å². The van der Waals surface area contributed by atoms with Crippen molar-refractivity contribution in [2.24, 2.45) is 0 Å². The molecule has 1 heterocycles. The topological polar surface area (TPSA) is 12.0 Å². The van der Waals surface area contributed by atoms with Gasteiger partial charge in [-0.1, -0.05) is 24.3 Å². The van der Waals surface area contributed by atoms with Crippen molar-refractivity contribution in [3.05, 3.63) is 60.2 Å². The zero-order valence-electron chi connectivity index (χ0n) is 9.58. The molecular formula is C15H11I2N. The summed E-state index contributed by atoms with van der Waals surface area (Å²) >= 11 is 4.71. The summed E-state index contributed by atoms with van der Waals surface area (Å²) in [6, 6.07) is 13.1. The van der Waals surface area contributed by atoms with Gasteiger partial charge >= 0.3 is 0 Å². The van der Waals surface area contributed by atoms with Crippen molar-refractivity contribution in [2.45, 2.75) is 6.54 Å². The summed E-state index contributed by atoms with van der Waals surface area (Å²) in [6.07, 6.45) is 4.39. The lowest BCUT2D eigenvalue weighted by Crippen LogP contribution is -2.05. The quantitative estimate of drug-likeness (QED) is 0.548. The Balaban J connectivity index is 2.08. The lowest BCUT2D eigenvalue weighted by atomic mass is 10.0. The summed E-state index contributed by atoms with van der Waals surface area (Å²) < 4.78 is 2.54. The second-order valence-electron chi connectivity index (χ2n) is 4.26. The second kappa shape index (κ2) is 5.21. The fraction of sp³-hybridized carbons (Fsp3) is 0.0667. The molecule has 0 fully saturated rings. The third-order valence-electron chi connectivity index (χ3n) is 3.03. The van der Waals surface area contributed by atoms with Crippen LogP contribution in [0.25, 0.3) is 12.2 Å². The zero-order valence-corrected chi connectivity index (χ0v) is 13.9. The van der Waals surface area contributed by atoms with Crippen molar-refractivity contribution in [2.75, 3.05) is 5.32 Å². The van der Waals surface area contributed by atoms with Crippen molar-refractivity contribution in [3.63, 3.8) is 0 Å². The van der Waals surface area contributed by atoms with Crippen molar-refractivity contribution in [1.29, 1.82) is 0 Å². The van der Waals surface area contributed by atoms with E-state index >= 15 is 0 Å². The normalized spacial score (nSPS) is 14.8. The Morgan fingerprint density at radius 1 is 0.833 bits per heavy atom. The van der Waals surface area contributed by atoms with E-state index in [0.717, 1.165) is 6.54 Å². The third kappa shape index (κ3) is 2.56. The van der Waals surface area contributed by atoms with E-state index in [1.165, 1.54) is 29.5 Å². The number of halogens is 2. The summed E-state index contributed by atoms with van der Waals surface area (Å²) in [4.78, 5) is 0. The molecule has 0 saturated carbocycles. The number of benzene rings is 2. The average molecular weight is 459 g/mol. The second-order valence-corrected chi connectivity index (χ2v) is 6.75. The summed E-state index contributed by atoms with van der Waals surface area (Å²) in [5.74, 6) is 0. The molecule has 1 aliphatic heterocycles.